The lowest BCUT2D eigenvalue weighted by atomic mass is 10.1. The largest absolute Gasteiger partial charge is 0.534 e. The van der Waals surface area contributed by atoms with Gasteiger partial charge in [0, 0.05) is 18.9 Å². The van der Waals surface area contributed by atoms with Crippen molar-refractivity contribution in [2.45, 2.75) is 11.3 Å². The second-order valence-corrected chi connectivity index (χ2v) is 5.99. The molecule has 0 spiro atoms. The van der Waals surface area contributed by atoms with E-state index in [1.165, 1.54) is 7.11 Å². The van der Waals surface area contributed by atoms with E-state index in [4.69, 9.17) is 4.74 Å². The number of rotatable bonds is 7. The summed E-state index contributed by atoms with van der Waals surface area (Å²) in [4.78, 5) is 11.8. The van der Waals surface area contributed by atoms with Crippen molar-refractivity contribution < 1.29 is 44.8 Å². The predicted molar refractivity (Wildman–Crippen MR) is 78.6 cm³/mol. The number of esters is 1. The molecular formula is C12H13F3O7S2. The zero-order valence-corrected chi connectivity index (χ0v) is 14.1. The number of carbonyl (C=O) groups excluding carboxylic acids is 1. The molecule has 0 amide bonds. The van der Waals surface area contributed by atoms with Crippen LogP contribution in [0.3, 0.4) is 0 Å². The molecule has 1 rings (SSSR count). The second-order valence-electron chi connectivity index (χ2n) is 4.14. The number of hydrogen-bond acceptors (Lipinski definition) is 8. The Morgan fingerprint density at radius 1 is 1.25 bits per heavy atom. The van der Waals surface area contributed by atoms with Crippen LogP contribution >= 0.6 is 12.6 Å². The van der Waals surface area contributed by atoms with Crippen LogP contribution in [0.5, 0.6) is 11.5 Å². The van der Waals surface area contributed by atoms with E-state index in [2.05, 4.69) is 26.3 Å². The molecule has 12 heteroatoms. The molecule has 0 bridgehead atoms. The number of halogens is 3. The van der Waals surface area contributed by atoms with Crippen LogP contribution in [0.25, 0.3) is 0 Å². The first-order valence-corrected chi connectivity index (χ1v) is 8.10. The minimum absolute atomic E-state index is 0.0474. The third-order valence-electron chi connectivity index (χ3n) is 2.54. The molecule has 0 saturated heterocycles. The SMILES string of the molecule is COCOc1cc(OS(=O)(=O)C(F)(F)F)cc(CS)c1C(=O)OC. The number of ether oxygens (including phenoxy) is 3. The Bertz CT molecular complexity index is 701. The standard InChI is InChI=1S/C12H13F3O7S2/c1-19-6-21-9-4-8(22-24(17,18)12(13,14)15)3-7(5-23)10(9)11(16)20-2/h3-4,23H,5-6H2,1-2H3. The summed E-state index contributed by atoms with van der Waals surface area (Å²) >= 11 is 3.95. The Morgan fingerprint density at radius 3 is 2.33 bits per heavy atom. The highest BCUT2D eigenvalue weighted by molar-refractivity contribution is 7.88. The third kappa shape index (κ3) is 4.68. The lowest BCUT2D eigenvalue weighted by molar-refractivity contribution is -0.0500. The van der Waals surface area contributed by atoms with E-state index in [0.29, 0.717) is 0 Å². The molecule has 0 heterocycles. The summed E-state index contributed by atoms with van der Waals surface area (Å²) in [6.45, 7) is -0.356. The fourth-order valence-corrected chi connectivity index (χ4v) is 2.26. The van der Waals surface area contributed by atoms with Gasteiger partial charge < -0.3 is 18.4 Å². The number of thiol groups is 1. The molecule has 136 valence electrons. The minimum atomic E-state index is -5.88. The summed E-state index contributed by atoms with van der Waals surface area (Å²) in [5.74, 6) is -1.95. The molecule has 0 unspecified atom stereocenters. The molecule has 0 aliphatic carbocycles. The van der Waals surface area contributed by atoms with Crippen molar-refractivity contribution in [3.63, 3.8) is 0 Å². The van der Waals surface area contributed by atoms with Crippen molar-refractivity contribution in [3.05, 3.63) is 23.3 Å². The molecule has 1 aromatic carbocycles. The summed E-state index contributed by atoms with van der Waals surface area (Å²) in [7, 11) is -3.52. The monoisotopic (exact) mass is 390 g/mol. The van der Waals surface area contributed by atoms with E-state index in [1.54, 1.807) is 0 Å². The number of alkyl halides is 3. The first kappa shape index (κ1) is 20.4. The van der Waals surface area contributed by atoms with Gasteiger partial charge in [-0.15, -0.1) is 0 Å². The van der Waals surface area contributed by atoms with Crippen molar-refractivity contribution in [2.75, 3.05) is 21.0 Å². The van der Waals surface area contributed by atoms with Gasteiger partial charge in [-0.25, -0.2) is 4.79 Å². The van der Waals surface area contributed by atoms with Crippen LogP contribution in [-0.4, -0.2) is 40.9 Å². The molecule has 0 radical (unpaired) electrons. The maximum absolute atomic E-state index is 12.4. The van der Waals surface area contributed by atoms with Crippen molar-refractivity contribution in [3.8, 4) is 11.5 Å². The number of benzene rings is 1. The minimum Gasteiger partial charge on any atom is -0.467 e. The quantitative estimate of drug-likeness (QED) is 0.251. The molecular weight excluding hydrogens is 377 g/mol. The summed E-state index contributed by atoms with van der Waals surface area (Å²) < 4.78 is 77.8. The van der Waals surface area contributed by atoms with Crippen LogP contribution in [0.4, 0.5) is 13.2 Å². The lowest BCUT2D eigenvalue weighted by Gasteiger charge is -2.16. The summed E-state index contributed by atoms with van der Waals surface area (Å²) in [6.07, 6.45) is 0. The van der Waals surface area contributed by atoms with Gasteiger partial charge in [-0.2, -0.15) is 34.2 Å². The Labute approximate surface area is 141 Å². The van der Waals surface area contributed by atoms with E-state index >= 15 is 0 Å². The van der Waals surface area contributed by atoms with Gasteiger partial charge in [0.25, 0.3) is 0 Å². The molecule has 0 aliphatic heterocycles. The van der Waals surface area contributed by atoms with Crippen LogP contribution in [-0.2, 0) is 25.3 Å². The highest BCUT2D eigenvalue weighted by Gasteiger charge is 2.48. The van der Waals surface area contributed by atoms with Crippen LogP contribution in [0, 0.1) is 0 Å². The Balaban J connectivity index is 3.42. The molecule has 0 fully saturated rings. The number of carbonyl (C=O) groups is 1. The van der Waals surface area contributed by atoms with Crippen molar-refractivity contribution in [1.29, 1.82) is 0 Å². The van der Waals surface area contributed by atoms with Gasteiger partial charge in [0.05, 0.1) is 7.11 Å². The molecule has 0 saturated carbocycles. The highest BCUT2D eigenvalue weighted by atomic mass is 32.2. The zero-order chi connectivity index (χ0) is 18.5. The summed E-state index contributed by atoms with van der Waals surface area (Å²) in [5, 5.41) is 0. The Morgan fingerprint density at radius 2 is 1.88 bits per heavy atom. The molecule has 0 aromatic heterocycles. The van der Waals surface area contributed by atoms with Crippen LogP contribution in [0.2, 0.25) is 0 Å². The average Bonchev–Trinajstić information content (AvgIpc) is 2.49. The highest BCUT2D eigenvalue weighted by Crippen LogP contribution is 2.34. The van der Waals surface area contributed by atoms with Crippen LogP contribution in [0.15, 0.2) is 12.1 Å². The predicted octanol–water partition coefficient (Wildman–Crippen LogP) is 2.11. The second kappa shape index (κ2) is 7.94. The van der Waals surface area contributed by atoms with E-state index in [1.807, 2.05) is 0 Å². The van der Waals surface area contributed by atoms with E-state index in [9.17, 15) is 26.4 Å². The molecule has 24 heavy (non-hydrogen) atoms. The van der Waals surface area contributed by atoms with Gasteiger partial charge in [-0.05, 0) is 11.6 Å². The number of hydrogen-bond donors (Lipinski definition) is 1. The van der Waals surface area contributed by atoms with Gasteiger partial charge in [0.2, 0.25) is 0 Å². The van der Waals surface area contributed by atoms with E-state index in [-0.39, 0.29) is 29.4 Å². The molecule has 1 aromatic rings. The Kier molecular flexibility index (Phi) is 6.75. The van der Waals surface area contributed by atoms with Gasteiger partial charge in [-0.3, -0.25) is 0 Å². The van der Waals surface area contributed by atoms with E-state index in [0.717, 1.165) is 19.2 Å². The van der Waals surface area contributed by atoms with Gasteiger partial charge in [-0.1, -0.05) is 0 Å². The maximum atomic E-state index is 12.4. The van der Waals surface area contributed by atoms with Gasteiger partial charge >= 0.3 is 21.6 Å². The first-order valence-electron chi connectivity index (χ1n) is 6.06. The van der Waals surface area contributed by atoms with Crippen molar-refractivity contribution in [1.82, 2.24) is 0 Å². The first-order chi connectivity index (χ1) is 11.1. The summed E-state index contributed by atoms with van der Waals surface area (Å²) in [6, 6.07) is 1.73. The Hall–Kier alpha value is -1.66. The molecule has 0 N–H and O–H groups in total. The van der Waals surface area contributed by atoms with Crippen LogP contribution in [0.1, 0.15) is 15.9 Å². The van der Waals surface area contributed by atoms with Gasteiger partial charge in [0.15, 0.2) is 6.79 Å². The van der Waals surface area contributed by atoms with E-state index < -0.39 is 27.3 Å². The smallest absolute Gasteiger partial charge is 0.467 e. The van der Waals surface area contributed by atoms with Crippen LogP contribution < -0.4 is 8.92 Å². The number of methoxy groups -OCH3 is 2. The fraction of sp³-hybridized carbons (Fsp3) is 0.417. The normalized spacial score (nSPS) is 11.9. The van der Waals surface area contributed by atoms with Gasteiger partial charge in [0.1, 0.15) is 17.1 Å². The average molecular weight is 390 g/mol. The molecule has 7 nitrogen and oxygen atoms in total. The molecule has 0 atom stereocenters. The topological polar surface area (TPSA) is 88.1 Å². The lowest BCUT2D eigenvalue weighted by Crippen LogP contribution is -2.28. The fourth-order valence-electron chi connectivity index (χ4n) is 1.56. The maximum Gasteiger partial charge on any atom is 0.534 e. The summed E-state index contributed by atoms with van der Waals surface area (Å²) in [5.41, 5.74) is -5.70. The van der Waals surface area contributed by atoms with Crippen molar-refractivity contribution >= 4 is 28.7 Å². The zero-order valence-electron chi connectivity index (χ0n) is 12.4. The third-order valence-corrected chi connectivity index (χ3v) is 3.86. The molecule has 0 aliphatic rings. The van der Waals surface area contributed by atoms with Crippen molar-refractivity contribution in [2.24, 2.45) is 0 Å².